The normalized spacial score (nSPS) is 12.2. The van der Waals surface area contributed by atoms with E-state index in [1.165, 1.54) is 12.1 Å². The van der Waals surface area contributed by atoms with Crippen LogP contribution in [0.1, 0.15) is 11.7 Å². The third kappa shape index (κ3) is 3.83. The van der Waals surface area contributed by atoms with Gasteiger partial charge in [-0.15, -0.1) is 0 Å². The van der Waals surface area contributed by atoms with E-state index in [2.05, 4.69) is 0 Å². The van der Waals surface area contributed by atoms with Crippen LogP contribution in [0.15, 0.2) is 18.2 Å². The summed E-state index contributed by atoms with van der Waals surface area (Å²) in [5.41, 5.74) is 0.223. The third-order valence-electron chi connectivity index (χ3n) is 2.36. The van der Waals surface area contributed by atoms with E-state index in [9.17, 15) is 14.3 Å². The van der Waals surface area contributed by atoms with E-state index in [-0.39, 0.29) is 30.3 Å². The van der Waals surface area contributed by atoms with Gasteiger partial charge < -0.3 is 20.2 Å². The number of rotatable bonds is 5. The highest BCUT2D eigenvalue weighted by molar-refractivity contribution is 6.30. The predicted octanol–water partition coefficient (Wildman–Crippen LogP) is 1.48. The van der Waals surface area contributed by atoms with Gasteiger partial charge in [0.05, 0.1) is 24.3 Å². The first-order chi connectivity index (χ1) is 8.45. The van der Waals surface area contributed by atoms with Crippen molar-refractivity contribution in [3.05, 3.63) is 34.6 Å². The molecule has 1 amide bonds. The topological polar surface area (TPSA) is 81.0 Å². The number of hydrogen-bond acceptors (Lipinski definition) is 3. The van der Waals surface area contributed by atoms with Crippen LogP contribution in [0.3, 0.4) is 0 Å². The lowest BCUT2D eigenvalue weighted by Gasteiger charge is -2.21. The van der Waals surface area contributed by atoms with Crippen LogP contribution in [-0.4, -0.2) is 46.0 Å². The zero-order chi connectivity index (χ0) is 13.7. The molecule has 7 heteroatoms. The molecular weight excluding hydrogens is 265 g/mol. The molecule has 0 heterocycles. The highest BCUT2D eigenvalue weighted by atomic mass is 35.5. The fourth-order valence-corrected chi connectivity index (χ4v) is 1.54. The van der Waals surface area contributed by atoms with Gasteiger partial charge in [0.25, 0.3) is 0 Å². The molecule has 100 valence electrons. The molecule has 18 heavy (non-hydrogen) atoms. The van der Waals surface area contributed by atoms with E-state index in [1.54, 1.807) is 0 Å². The molecule has 1 atom stereocenters. The molecule has 5 nitrogen and oxygen atoms in total. The Bertz CT molecular complexity index is 430. The SMILES string of the molecule is O=C(O)N(CCO)CC(O)c1ccc(Cl)c(F)c1. The van der Waals surface area contributed by atoms with Gasteiger partial charge in [0, 0.05) is 6.54 Å². The zero-order valence-corrected chi connectivity index (χ0v) is 10.1. The zero-order valence-electron chi connectivity index (χ0n) is 9.38. The maximum atomic E-state index is 13.2. The highest BCUT2D eigenvalue weighted by Crippen LogP contribution is 2.21. The van der Waals surface area contributed by atoms with Crippen molar-refractivity contribution < 1.29 is 24.5 Å². The van der Waals surface area contributed by atoms with E-state index in [0.29, 0.717) is 0 Å². The van der Waals surface area contributed by atoms with Crippen LogP contribution in [0.5, 0.6) is 0 Å². The molecule has 3 N–H and O–H groups in total. The molecule has 0 radical (unpaired) electrons. The monoisotopic (exact) mass is 277 g/mol. The molecule has 0 saturated carbocycles. The van der Waals surface area contributed by atoms with Crippen molar-refractivity contribution in [3.8, 4) is 0 Å². The van der Waals surface area contributed by atoms with Gasteiger partial charge in [0.1, 0.15) is 5.82 Å². The summed E-state index contributed by atoms with van der Waals surface area (Å²) in [7, 11) is 0. The number of aliphatic hydroxyl groups excluding tert-OH is 2. The van der Waals surface area contributed by atoms with Gasteiger partial charge in [-0.05, 0) is 17.7 Å². The summed E-state index contributed by atoms with van der Waals surface area (Å²) in [4.78, 5) is 11.6. The molecule has 0 fully saturated rings. The molecule has 0 bridgehead atoms. The van der Waals surface area contributed by atoms with Gasteiger partial charge in [0.15, 0.2) is 0 Å². The minimum Gasteiger partial charge on any atom is -0.465 e. The van der Waals surface area contributed by atoms with Crippen LogP contribution in [0.25, 0.3) is 0 Å². The van der Waals surface area contributed by atoms with Crippen LogP contribution in [-0.2, 0) is 0 Å². The van der Waals surface area contributed by atoms with Crippen molar-refractivity contribution in [2.75, 3.05) is 19.7 Å². The summed E-state index contributed by atoms with van der Waals surface area (Å²) in [6, 6.07) is 3.74. The van der Waals surface area contributed by atoms with Crippen molar-refractivity contribution in [1.29, 1.82) is 0 Å². The number of carboxylic acid groups (broad SMARTS) is 1. The van der Waals surface area contributed by atoms with Crippen LogP contribution >= 0.6 is 11.6 Å². The van der Waals surface area contributed by atoms with Crippen molar-refractivity contribution >= 4 is 17.7 Å². The fraction of sp³-hybridized carbons (Fsp3) is 0.364. The average molecular weight is 278 g/mol. The molecule has 1 unspecified atom stereocenters. The number of hydrogen-bond donors (Lipinski definition) is 3. The Kier molecular flexibility index (Phi) is 5.33. The second kappa shape index (κ2) is 6.53. The average Bonchev–Trinajstić information content (AvgIpc) is 2.31. The number of nitrogens with zero attached hydrogens (tertiary/aromatic N) is 1. The number of amides is 1. The van der Waals surface area contributed by atoms with Gasteiger partial charge >= 0.3 is 6.09 Å². The minimum atomic E-state index is -1.27. The Morgan fingerprint density at radius 1 is 1.50 bits per heavy atom. The Hall–Kier alpha value is -1.37. The first kappa shape index (κ1) is 14.7. The summed E-state index contributed by atoms with van der Waals surface area (Å²) in [5.74, 6) is -0.683. The van der Waals surface area contributed by atoms with Crippen molar-refractivity contribution in [1.82, 2.24) is 4.90 Å². The Labute approximate surface area is 108 Å². The molecule has 0 aliphatic heterocycles. The number of carbonyl (C=O) groups is 1. The van der Waals surface area contributed by atoms with E-state index >= 15 is 0 Å². The number of aliphatic hydroxyl groups is 2. The molecule has 0 aromatic heterocycles. The number of benzene rings is 1. The van der Waals surface area contributed by atoms with Crippen LogP contribution in [0, 0.1) is 5.82 Å². The lowest BCUT2D eigenvalue weighted by Crippen LogP contribution is -2.35. The maximum Gasteiger partial charge on any atom is 0.407 e. The Morgan fingerprint density at radius 3 is 2.67 bits per heavy atom. The fourth-order valence-electron chi connectivity index (χ4n) is 1.42. The highest BCUT2D eigenvalue weighted by Gasteiger charge is 2.18. The smallest absolute Gasteiger partial charge is 0.407 e. The van der Waals surface area contributed by atoms with Gasteiger partial charge in [0.2, 0.25) is 0 Å². The van der Waals surface area contributed by atoms with E-state index in [1.807, 2.05) is 0 Å². The second-order valence-electron chi connectivity index (χ2n) is 3.64. The molecule has 1 aromatic rings. The van der Waals surface area contributed by atoms with Crippen molar-refractivity contribution in [2.24, 2.45) is 0 Å². The maximum absolute atomic E-state index is 13.2. The molecule has 0 aliphatic rings. The minimum absolute atomic E-state index is 0.0728. The van der Waals surface area contributed by atoms with Crippen LogP contribution in [0.4, 0.5) is 9.18 Å². The summed E-state index contributed by atoms with van der Waals surface area (Å²) < 4.78 is 13.2. The van der Waals surface area contributed by atoms with Gasteiger partial charge in [-0.2, -0.15) is 0 Å². The van der Waals surface area contributed by atoms with E-state index in [4.69, 9.17) is 21.8 Å². The Morgan fingerprint density at radius 2 is 2.17 bits per heavy atom. The molecule has 0 spiro atoms. The van der Waals surface area contributed by atoms with Crippen LogP contribution < -0.4 is 0 Å². The van der Waals surface area contributed by atoms with E-state index < -0.39 is 18.0 Å². The first-order valence-electron chi connectivity index (χ1n) is 5.17. The first-order valence-corrected chi connectivity index (χ1v) is 5.55. The van der Waals surface area contributed by atoms with Gasteiger partial charge in [-0.1, -0.05) is 17.7 Å². The van der Waals surface area contributed by atoms with Crippen molar-refractivity contribution in [2.45, 2.75) is 6.10 Å². The van der Waals surface area contributed by atoms with Gasteiger partial charge in [-0.3, -0.25) is 0 Å². The lowest BCUT2D eigenvalue weighted by atomic mass is 10.1. The Balaban J connectivity index is 2.76. The standard InChI is InChI=1S/C11H13ClFNO4/c12-8-2-1-7(5-9(8)13)10(16)6-14(3-4-15)11(17)18/h1-2,5,10,15-16H,3-4,6H2,(H,17,18). The molecule has 0 aliphatic carbocycles. The predicted molar refractivity (Wildman–Crippen MR) is 63.1 cm³/mol. The summed E-state index contributed by atoms with van der Waals surface area (Å²) in [6.45, 7) is -0.729. The van der Waals surface area contributed by atoms with E-state index in [0.717, 1.165) is 11.0 Å². The molecular formula is C11H13ClFNO4. The largest absolute Gasteiger partial charge is 0.465 e. The third-order valence-corrected chi connectivity index (χ3v) is 2.67. The summed E-state index contributed by atoms with van der Waals surface area (Å²) >= 11 is 5.50. The van der Waals surface area contributed by atoms with Crippen LogP contribution in [0.2, 0.25) is 5.02 Å². The molecule has 1 rings (SSSR count). The van der Waals surface area contributed by atoms with Gasteiger partial charge in [-0.25, -0.2) is 9.18 Å². The second-order valence-corrected chi connectivity index (χ2v) is 4.05. The quantitative estimate of drug-likeness (QED) is 0.762. The molecule has 1 aromatic carbocycles. The summed E-state index contributed by atoms with van der Waals surface area (Å²) in [5, 5.41) is 27.2. The summed E-state index contributed by atoms with van der Waals surface area (Å²) in [6.07, 6.45) is -2.45. The molecule has 0 saturated heterocycles. The lowest BCUT2D eigenvalue weighted by molar-refractivity contribution is 0.0871. The number of halogens is 2. The van der Waals surface area contributed by atoms with Crippen molar-refractivity contribution in [3.63, 3.8) is 0 Å².